The van der Waals surface area contributed by atoms with Gasteiger partial charge >= 0.3 is 6.09 Å². The number of benzene rings is 1. The Bertz CT molecular complexity index is 520. The fourth-order valence-electron chi connectivity index (χ4n) is 2.91. The molecule has 1 aliphatic heterocycles. The van der Waals surface area contributed by atoms with Crippen LogP contribution in [-0.4, -0.2) is 38.8 Å². The molecule has 0 spiro atoms. The van der Waals surface area contributed by atoms with Gasteiger partial charge in [0.15, 0.2) is 0 Å². The maximum absolute atomic E-state index is 12.1. The fourth-order valence-corrected chi connectivity index (χ4v) is 3.62. The molecular weight excluding hydrogens is 304 g/mol. The molecule has 1 amide bonds. The molecule has 0 saturated carbocycles. The van der Waals surface area contributed by atoms with E-state index in [-0.39, 0.29) is 6.09 Å². The van der Waals surface area contributed by atoms with Gasteiger partial charge in [0.1, 0.15) is 0 Å². The Hall–Kier alpha value is -1.33. The fraction of sp³-hybridized carbons (Fsp3) is 0.611. The molecule has 0 unspecified atom stereocenters. The van der Waals surface area contributed by atoms with Crippen molar-refractivity contribution in [1.82, 2.24) is 4.90 Å². The smallest absolute Gasteiger partial charge is 0.409 e. The molecule has 0 atom stereocenters. The highest BCUT2D eigenvalue weighted by atomic mass is 28.3. The normalized spacial score (nSPS) is 16.4. The SMILES string of the molecule is C[Si](C)(C)CCOC(=O)N1CCC(c2cccc(CN)c2)CC1. The van der Waals surface area contributed by atoms with E-state index in [2.05, 4.69) is 43.9 Å². The summed E-state index contributed by atoms with van der Waals surface area (Å²) in [6.45, 7) is 9.58. The van der Waals surface area contributed by atoms with Crippen molar-refractivity contribution in [2.45, 2.75) is 51.0 Å². The lowest BCUT2D eigenvalue weighted by atomic mass is 9.89. The van der Waals surface area contributed by atoms with Gasteiger partial charge in [0.2, 0.25) is 0 Å². The van der Waals surface area contributed by atoms with E-state index in [1.807, 2.05) is 4.90 Å². The van der Waals surface area contributed by atoms with Crippen molar-refractivity contribution in [3.8, 4) is 0 Å². The van der Waals surface area contributed by atoms with Gasteiger partial charge in [0.25, 0.3) is 0 Å². The van der Waals surface area contributed by atoms with Crippen LogP contribution in [0.25, 0.3) is 0 Å². The predicted molar refractivity (Wildman–Crippen MR) is 97.4 cm³/mol. The molecule has 128 valence electrons. The Morgan fingerprint density at radius 2 is 2.00 bits per heavy atom. The Labute approximate surface area is 141 Å². The second-order valence-corrected chi connectivity index (χ2v) is 13.3. The molecule has 2 rings (SSSR count). The molecule has 1 aromatic rings. The Morgan fingerprint density at radius 3 is 2.61 bits per heavy atom. The molecular formula is C18H30N2O2Si. The minimum atomic E-state index is -1.14. The Kier molecular flexibility index (Phi) is 6.24. The second kappa shape index (κ2) is 7.97. The molecule has 1 saturated heterocycles. The van der Waals surface area contributed by atoms with Crippen LogP contribution < -0.4 is 5.73 Å². The van der Waals surface area contributed by atoms with Crippen molar-refractivity contribution >= 4 is 14.2 Å². The van der Waals surface area contributed by atoms with Crippen LogP contribution in [0.2, 0.25) is 25.7 Å². The molecule has 1 heterocycles. The number of nitrogens with two attached hydrogens (primary N) is 1. The number of piperidine rings is 1. The van der Waals surface area contributed by atoms with Crippen LogP contribution in [0.3, 0.4) is 0 Å². The molecule has 1 aromatic carbocycles. The van der Waals surface area contributed by atoms with Crippen LogP contribution in [0.1, 0.15) is 29.9 Å². The molecule has 2 N–H and O–H groups in total. The number of hydrogen-bond acceptors (Lipinski definition) is 3. The number of carbonyl (C=O) groups is 1. The van der Waals surface area contributed by atoms with Gasteiger partial charge in [0, 0.05) is 27.7 Å². The molecule has 0 bridgehead atoms. The summed E-state index contributed by atoms with van der Waals surface area (Å²) in [5.74, 6) is 0.521. The summed E-state index contributed by atoms with van der Waals surface area (Å²) in [5, 5.41) is 0. The van der Waals surface area contributed by atoms with Gasteiger partial charge in [0.05, 0.1) is 6.61 Å². The van der Waals surface area contributed by atoms with Gasteiger partial charge in [-0.3, -0.25) is 0 Å². The molecule has 23 heavy (non-hydrogen) atoms. The summed E-state index contributed by atoms with van der Waals surface area (Å²) in [4.78, 5) is 14.0. The predicted octanol–water partition coefficient (Wildman–Crippen LogP) is 3.80. The molecule has 1 aliphatic rings. The monoisotopic (exact) mass is 334 g/mol. The van der Waals surface area contributed by atoms with E-state index in [1.54, 1.807) is 0 Å². The summed E-state index contributed by atoms with van der Waals surface area (Å²) in [5.41, 5.74) is 8.24. The highest BCUT2D eigenvalue weighted by molar-refractivity contribution is 6.76. The van der Waals surface area contributed by atoms with Crippen LogP contribution in [0, 0.1) is 0 Å². The largest absolute Gasteiger partial charge is 0.450 e. The third-order valence-electron chi connectivity index (χ3n) is 4.49. The van der Waals surface area contributed by atoms with Crippen molar-refractivity contribution < 1.29 is 9.53 Å². The number of ether oxygens (including phenoxy) is 1. The number of rotatable bonds is 5. The highest BCUT2D eigenvalue weighted by Gasteiger charge is 2.25. The summed E-state index contributed by atoms with van der Waals surface area (Å²) in [6, 6.07) is 9.54. The number of nitrogens with zero attached hydrogens (tertiary/aromatic N) is 1. The molecule has 4 nitrogen and oxygen atoms in total. The average Bonchev–Trinajstić information content (AvgIpc) is 2.54. The van der Waals surface area contributed by atoms with Crippen LogP contribution in [0.15, 0.2) is 24.3 Å². The lowest BCUT2D eigenvalue weighted by Crippen LogP contribution is -2.38. The van der Waals surface area contributed by atoms with E-state index in [9.17, 15) is 4.79 Å². The van der Waals surface area contributed by atoms with Gasteiger partial charge in [-0.15, -0.1) is 0 Å². The minimum absolute atomic E-state index is 0.141. The summed E-state index contributed by atoms with van der Waals surface area (Å²) in [7, 11) is -1.14. The quantitative estimate of drug-likeness (QED) is 0.833. The van der Waals surface area contributed by atoms with Crippen LogP contribution in [0.5, 0.6) is 0 Å². The first-order chi connectivity index (χ1) is 10.9. The summed E-state index contributed by atoms with van der Waals surface area (Å²) < 4.78 is 5.44. The van der Waals surface area contributed by atoms with E-state index >= 15 is 0 Å². The first kappa shape index (κ1) is 18.0. The zero-order chi connectivity index (χ0) is 16.9. The third-order valence-corrected chi connectivity index (χ3v) is 6.19. The topological polar surface area (TPSA) is 55.6 Å². The van der Waals surface area contributed by atoms with Crippen molar-refractivity contribution in [2.75, 3.05) is 19.7 Å². The molecule has 1 fully saturated rings. The Morgan fingerprint density at radius 1 is 1.30 bits per heavy atom. The summed E-state index contributed by atoms with van der Waals surface area (Å²) in [6.07, 6.45) is 1.85. The minimum Gasteiger partial charge on any atom is -0.450 e. The second-order valence-electron chi connectivity index (χ2n) is 7.64. The van der Waals surface area contributed by atoms with Gasteiger partial charge < -0.3 is 15.4 Å². The number of likely N-dealkylation sites (tertiary alicyclic amines) is 1. The van der Waals surface area contributed by atoms with Crippen molar-refractivity contribution in [3.63, 3.8) is 0 Å². The van der Waals surface area contributed by atoms with E-state index in [0.29, 0.717) is 19.1 Å². The van der Waals surface area contributed by atoms with Crippen LogP contribution >= 0.6 is 0 Å². The molecule has 0 radical (unpaired) electrons. The average molecular weight is 335 g/mol. The van der Waals surface area contributed by atoms with Crippen LogP contribution in [0.4, 0.5) is 4.79 Å². The first-order valence-corrected chi connectivity index (χ1v) is 12.3. The van der Waals surface area contributed by atoms with E-state index < -0.39 is 8.07 Å². The number of amides is 1. The highest BCUT2D eigenvalue weighted by Crippen LogP contribution is 2.28. The third kappa shape index (κ3) is 5.66. The first-order valence-electron chi connectivity index (χ1n) is 8.59. The lowest BCUT2D eigenvalue weighted by Gasteiger charge is -2.32. The van der Waals surface area contributed by atoms with Crippen molar-refractivity contribution in [3.05, 3.63) is 35.4 Å². The standard InChI is InChI=1S/C18H30N2O2Si/c1-23(2,3)12-11-22-18(21)20-9-7-16(8-10-20)17-6-4-5-15(13-17)14-19/h4-6,13,16H,7-12,14,19H2,1-3H3. The van der Waals surface area contributed by atoms with Gasteiger partial charge in [-0.2, -0.15) is 0 Å². The zero-order valence-electron chi connectivity index (χ0n) is 14.7. The van der Waals surface area contributed by atoms with E-state index in [0.717, 1.165) is 32.0 Å². The van der Waals surface area contributed by atoms with Crippen molar-refractivity contribution in [2.24, 2.45) is 5.73 Å². The zero-order valence-corrected chi connectivity index (χ0v) is 15.7. The van der Waals surface area contributed by atoms with Gasteiger partial charge in [-0.25, -0.2) is 4.79 Å². The number of carbonyl (C=O) groups excluding carboxylic acids is 1. The lowest BCUT2D eigenvalue weighted by molar-refractivity contribution is 0.0968. The molecule has 0 aliphatic carbocycles. The number of hydrogen-bond donors (Lipinski definition) is 1. The van der Waals surface area contributed by atoms with Crippen LogP contribution in [-0.2, 0) is 11.3 Å². The molecule has 5 heteroatoms. The van der Waals surface area contributed by atoms with Gasteiger partial charge in [-0.1, -0.05) is 43.9 Å². The maximum Gasteiger partial charge on any atom is 0.409 e. The van der Waals surface area contributed by atoms with E-state index in [4.69, 9.17) is 10.5 Å². The van der Waals surface area contributed by atoms with E-state index in [1.165, 1.54) is 11.1 Å². The van der Waals surface area contributed by atoms with Gasteiger partial charge in [-0.05, 0) is 35.9 Å². The summed E-state index contributed by atoms with van der Waals surface area (Å²) >= 11 is 0. The van der Waals surface area contributed by atoms with Crippen molar-refractivity contribution in [1.29, 1.82) is 0 Å². The Balaban J connectivity index is 1.80. The molecule has 0 aromatic heterocycles. The maximum atomic E-state index is 12.1.